The molecule has 3 rings (SSSR count). The lowest BCUT2D eigenvalue weighted by Gasteiger charge is -2.38. The van der Waals surface area contributed by atoms with Crippen molar-refractivity contribution in [2.75, 3.05) is 20.1 Å². The lowest BCUT2D eigenvalue weighted by molar-refractivity contribution is 0.151. The summed E-state index contributed by atoms with van der Waals surface area (Å²) in [6.45, 7) is 2.66. The molecule has 0 amide bonds. The molecule has 1 heterocycles. The van der Waals surface area contributed by atoms with Gasteiger partial charge in [0, 0.05) is 32.2 Å². The van der Waals surface area contributed by atoms with Gasteiger partial charge >= 0.3 is 0 Å². The molecule has 1 aliphatic carbocycles. The number of aliphatic imine (C=N–C) groups is 1. The highest BCUT2D eigenvalue weighted by Gasteiger charge is 2.43. The summed E-state index contributed by atoms with van der Waals surface area (Å²) in [6, 6.07) is 6.89. The zero-order valence-corrected chi connectivity index (χ0v) is 14.8. The van der Waals surface area contributed by atoms with Crippen LogP contribution in [0.5, 0.6) is 0 Å². The van der Waals surface area contributed by atoms with E-state index in [4.69, 9.17) is 0 Å². The Morgan fingerprint density at radius 2 is 2.10 bits per heavy atom. The molecule has 1 aromatic rings. The molecule has 2 aliphatic rings. The monoisotopic (exact) mass is 403 g/mol. The largest absolute Gasteiger partial charge is 0.352 e. The van der Waals surface area contributed by atoms with Crippen LogP contribution in [-0.2, 0) is 6.54 Å². The molecule has 3 nitrogen and oxygen atoms in total. The normalized spacial score (nSPS) is 20.1. The van der Waals surface area contributed by atoms with Gasteiger partial charge in [0.15, 0.2) is 5.96 Å². The summed E-state index contributed by atoms with van der Waals surface area (Å²) in [5, 5.41) is 3.29. The predicted molar refractivity (Wildman–Crippen MR) is 94.5 cm³/mol. The van der Waals surface area contributed by atoms with E-state index in [1.165, 1.54) is 31.7 Å². The molecule has 5 heteroatoms. The van der Waals surface area contributed by atoms with Crippen LogP contribution in [0.3, 0.4) is 0 Å². The Morgan fingerprint density at radius 3 is 2.67 bits per heavy atom. The molecule has 1 aromatic carbocycles. The number of hydrogen-bond donors (Lipinski definition) is 1. The van der Waals surface area contributed by atoms with Crippen molar-refractivity contribution in [3.63, 3.8) is 0 Å². The highest BCUT2D eigenvalue weighted by molar-refractivity contribution is 14.0. The molecule has 0 bridgehead atoms. The molecule has 1 saturated carbocycles. The smallest absolute Gasteiger partial charge is 0.193 e. The van der Waals surface area contributed by atoms with Crippen LogP contribution in [0.2, 0.25) is 0 Å². The minimum atomic E-state index is -0.160. The van der Waals surface area contributed by atoms with Crippen LogP contribution in [0.4, 0.5) is 4.39 Å². The van der Waals surface area contributed by atoms with Gasteiger partial charge in [-0.15, -0.1) is 24.0 Å². The van der Waals surface area contributed by atoms with Crippen LogP contribution in [-0.4, -0.2) is 31.0 Å². The minimum absolute atomic E-state index is 0. The number of rotatable bonds is 2. The molecule has 0 radical (unpaired) electrons. The molecule has 0 unspecified atom stereocenters. The molecule has 0 atom stereocenters. The Morgan fingerprint density at radius 1 is 1.33 bits per heavy atom. The first-order valence-corrected chi connectivity index (χ1v) is 7.41. The average molecular weight is 403 g/mol. The van der Waals surface area contributed by atoms with Crippen molar-refractivity contribution in [2.24, 2.45) is 10.4 Å². The third-order valence-corrected chi connectivity index (χ3v) is 4.76. The molecular weight excluding hydrogens is 380 g/mol. The molecule has 1 saturated heterocycles. The number of benzene rings is 1. The van der Waals surface area contributed by atoms with Crippen LogP contribution in [0.25, 0.3) is 0 Å². The van der Waals surface area contributed by atoms with Gasteiger partial charge in [-0.1, -0.05) is 24.6 Å². The van der Waals surface area contributed by atoms with Gasteiger partial charge in [0.05, 0.1) is 0 Å². The lowest BCUT2D eigenvalue weighted by Crippen LogP contribution is -2.42. The second-order valence-electron chi connectivity index (χ2n) is 6.02. The molecule has 116 valence electrons. The van der Waals surface area contributed by atoms with Crippen molar-refractivity contribution in [2.45, 2.75) is 32.2 Å². The second-order valence-corrected chi connectivity index (χ2v) is 6.02. The molecule has 1 N–H and O–H groups in total. The van der Waals surface area contributed by atoms with Crippen LogP contribution < -0.4 is 5.32 Å². The van der Waals surface area contributed by atoms with Crippen molar-refractivity contribution in [1.82, 2.24) is 10.2 Å². The summed E-state index contributed by atoms with van der Waals surface area (Å²) in [5.41, 5.74) is 1.24. The summed E-state index contributed by atoms with van der Waals surface area (Å²) in [4.78, 5) is 6.67. The number of nitrogens with zero attached hydrogens (tertiary/aromatic N) is 2. The maximum Gasteiger partial charge on any atom is 0.193 e. The van der Waals surface area contributed by atoms with Crippen LogP contribution in [0.1, 0.15) is 31.2 Å². The summed E-state index contributed by atoms with van der Waals surface area (Å²) in [5.74, 6) is 0.740. The molecule has 0 aromatic heterocycles. The van der Waals surface area contributed by atoms with E-state index < -0.39 is 0 Å². The molecular formula is C16H23FIN3. The zero-order valence-electron chi connectivity index (χ0n) is 12.4. The number of hydrogen-bond acceptors (Lipinski definition) is 1. The third-order valence-electron chi connectivity index (χ3n) is 4.76. The van der Waals surface area contributed by atoms with Crippen LogP contribution in [0, 0.1) is 11.2 Å². The van der Waals surface area contributed by atoms with Crippen molar-refractivity contribution in [3.05, 3.63) is 35.6 Å². The van der Waals surface area contributed by atoms with Crippen LogP contribution in [0.15, 0.2) is 29.3 Å². The fourth-order valence-electron chi connectivity index (χ4n) is 3.35. The third kappa shape index (κ3) is 3.49. The van der Waals surface area contributed by atoms with Crippen molar-refractivity contribution in [1.29, 1.82) is 0 Å². The van der Waals surface area contributed by atoms with Crippen LogP contribution >= 0.6 is 24.0 Å². The average Bonchev–Trinajstić information content (AvgIpc) is 2.87. The first kappa shape index (κ1) is 16.5. The highest BCUT2D eigenvalue weighted by Crippen LogP contribution is 2.47. The zero-order chi connectivity index (χ0) is 14.0. The molecule has 1 spiro atoms. The summed E-state index contributed by atoms with van der Waals surface area (Å²) in [6.07, 6.45) is 5.35. The maximum atomic E-state index is 13.6. The van der Waals surface area contributed by atoms with E-state index in [1.54, 1.807) is 13.1 Å². The van der Waals surface area contributed by atoms with Gasteiger partial charge in [0.2, 0.25) is 0 Å². The van der Waals surface area contributed by atoms with E-state index in [2.05, 4.69) is 15.2 Å². The fourth-order valence-corrected chi connectivity index (χ4v) is 3.35. The van der Waals surface area contributed by atoms with Crippen molar-refractivity contribution in [3.8, 4) is 0 Å². The van der Waals surface area contributed by atoms with E-state index in [0.717, 1.165) is 19.0 Å². The fraction of sp³-hybridized carbons (Fsp3) is 0.562. The Kier molecular flexibility index (Phi) is 5.46. The van der Waals surface area contributed by atoms with Gasteiger partial charge in [-0.05, 0) is 30.7 Å². The van der Waals surface area contributed by atoms with E-state index in [-0.39, 0.29) is 29.8 Å². The van der Waals surface area contributed by atoms with Gasteiger partial charge in [0.1, 0.15) is 5.82 Å². The number of likely N-dealkylation sites (tertiary alicyclic amines) is 1. The predicted octanol–water partition coefficient (Wildman–Crippen LogP) is 3.40. The van der Waals surface area contributed by atoms with E-state index in [1.807, 2.05) is 12.1 Å². The summed E-state index contributed by atoms with van der Waals surface area (Å²) in [7, 11) is 1.80. The second kappa shape index (κ2) is 6.94. The molecule has 1 aliphatic heterocycles. The number of halogens is 2. The van der Waals surface area contributed by atoms with Gasteiger partial charge in [-0.25, -0.2) is 4.39 Å². The molecule has 21 heavy (non-hydrogen) atoms. The van der Waals surface area contributed by atoms with Gasteiger partial charge in [0.25, 0.3) is 0 Å². The quantitative estimate of drug-likeness (QED) is 0.466. The Balaban J connectivity index is 0.00000161. The van der Waals surface area contributed by atoms with Gasteiger partial charge in [-0.2, -0.15) is 0 Å². The van der Waals surface area contributed by atoms with Crippen molar-refractivity contribution < 1.29 is 4.39 Å². The standard InChI is InChI=1S/C16H22FN3.HI/c1-18-15(19-11-13-5-2-3-6-14(13)17)20-10-9-16(12-20)7-4-8-16;/h2-3,5-6H,4,7-12H2,1H3,(H,18,19);1H. The highest BCUT2D eigenvalue weighted by atomic mass is 127. The summed E-state index contributed by atoms with van der Waals surface area (Å²) < 4.78 is 13.6. The van der Waals surface area contributed by atoms with E-state index in [0.29, 0.717) is 17.5 Å². The van der Waals surface area contributed by atoms with Crippen molar-refractivity contribution >= 4 is 29.9 Å². The SMILES string of the molecule is CN=C(NCc1ccccc1F)N1CCC2(CCC2)C1.I. The van der Waals surface area contributed by atoms with Gasteiger partial charge < -0.3 is 10.2 Å². The minimum Gasteiger partial charge on any atom is -0.352 e. The summed E-state index contributed by atoms with van der Waals surface area (Å²) >= 11 is 0. The Labute approximate surface area is 143 Å². The molecule has 2 fully saturated rings. The Bertz CT molecular complexity index is 514. The Hall–Kier alpha value is -0.850. The first-order chi connectivity index (χ1) is 9.72. The lowest BCUT2D eigenvalue weighted by atomic mass is 9.68. The number of nitrogens with one attached hydrogen (secondary N) is 1. The first-order valence-electron chi connectivity index (χ1n) is 7.41. The number of guanidine groups is 1. The van der Waals surface area contributed by atoms with E-state index in [9.17, 15) is 4.39 Å². The van der Waals surface area contributed by atoms with Gasteiger partial charge in [-0.3, -0.25) is 4.99 Å². The van der Waals surface area contributed by atoms with E-state index >= 15 is 0 Å². The maximum absolute atomic E-state index is 13.6. The topological polar surface area (TPSA) is 27.6 Å².